The fourth-order valence-corrected chi connectivity index (χ4v) is 3.56. The minimum Gasteiger partial charge on any atom is -0.455 e. The lowest BCUT2D eigenvalue weighted by atomic mass is 9.97. The maximum Gasteiger partial charge on any atom is 0.422 e. The summed E-state index contributed by atoms with van der Waals surface area (Å²) in [4.78, 5) is 39.3. The van der Waals surface area contributed by atoms with Crippen LogP contribution in [-0.2, 0) is 23.8 Å². The van der Waals surface area contributed by atoms with Gasteiger partial charge in [0, 0.05) is 37.6 Å². The molecule has 2 aliphatic rings. The molecular formula is C21H26F3N3O6. The summed E-state index contributed by atoms with van der Waals surface area (Å²) >= 11 is 0. The Morgan fingerprint density at radius 1 is 1.00 bits per heavy atom. The van der Waals surface area contributed by atoms with Crippen molar-refractivity contribution in [2.75, 3.05) is 62.8 Å². The highest BCUT2D eigenvalue weighted by Gasteiger charge is 2.33. The maximum atomic E-state index is 12.2. The first-order valence-corrected chi connectivity index (χ1v) is 10.6. The summed E-state index contributed by atoms with van der Waals surface area (Å²) in [6.45, 7) is 0.966. The zero-order chi connectivity index (χ0) is 23.8. The van der Waals surface area contributed by atoms with E-state index < -0.39 is 43.3 Å². The zero-order valence-corrected chi connectivity index (χ0v) is 17.9. The van der Waals surface area contributed by atoms with Gasteiger partial charge >= 0.3 is 18.2 Å². The van der Waals surface area contributed by atoms with Crippen molar-refractivity contribution in [3.05, 3.63) is 24.3 Å². The smallest absolute Gasteiger partial charge is 0.422 e. The van der Waals surface area contributed by atoms with Gasteiger partial charge in [0.1, 0.15) is 0 Å². The minimum absolute atomic E-state index is 0.0676. The molecule has 1 N–H and O–H groups in total. The second-order valence-corrected chi connectivity index (χ2v) is 7.73. The number of piperidine rings is 1. The Hall–Kier alpha value is -3.02. The van der Waals surface area contributed by atoms with Crippen LogP contribution in [0.25, 0.3) is 0 Å². The normalized spacial score (nSPS) is 17.4. The summed E-state index contributed by atoms with van der Waals surface area (Å²) in [5.74, 6) is -1.62. The number of morpholine rings is 1. The van der Waals surface area contributed by atoms with Gasteiger partial charge in [0.25, 0.3) is 5.91 Å². The van der Waals surface area contributed by atoms with Crippen LogP contribution in [0.1, 0.15) is 12.8 Å². The molecule has 3 rings (SSSR count). The number of benzene rings is 1. The molecule has 0 aliphatic carbocycles. The lowest BCUT2D eigenvalue weighted by molar-refractivity contribution is -0.163. The standard InChI is InChI=1S/C21H26F3N3O6/c22-21(23,24)14-33-20(30)27-7-5-15(6-8-27)19(29)32-13-18(28)25-16-1-3-17(4-2-16)26-9-11-31-12-10-26/h1-4,15H,5-14H2,(H,25,28). The molecule has 0 bridgehead atoms. The van der Waals surface area contributed by atoms with Crippen LogP contribution < -0.4 is 10.2 Å². The topological polar surface area (TPSA) is 97.4 Å². The van der Waals surface area contributed by atoms with Crippen LogP contribution >= 0.6 is 0 Å². The quantitative estimate of drug-likeness (QED) is 0.634. The van der Waals surface area contributed by atoms with E-state index in [2.05, 4.69) is 15.0 Å². The van der Waals surface area contributed by atoms with Crippen molar-refractivity contribution in [3.8, 4) is 0 Å². The Morgan fingerprint density at radius 2 is 1.64 bits per heavy atom. The molecule has 1 aromatic rings. The van der Waals surface area contributed by atoms with Crippen molar-refractivity contribution in [3.63, 3.8) is 0 Å². The molecule has 1 aromatic carbocycles. The molecule has 2 heterocycles. The predicted octanol–water partition coefficient (Wildman–Crippen LogP) is 2.42. The summed E-state index contributed by atoms with van der Waals surface area (Å²) in [5, 5.41) is 2.66. The highest BCUT2D eigenvalue weighted by molar-refractivity contribution is 5.93. The van der Waals surface area contributed by atoms with E-state index >= 15 is 0 Å². The van der Waals surface area contributed by atoms with Gasteiger partial charge < -0.3 is 29.3 Å². The number of likely N-dealkylation sites (tertiary alicyclic amines) is 1. The molecule has 0 radical (unpaired) electrons. The average Bonchev–Trinajstić information content (AvgIpc) is 2.81. The van der Waals surface area contributed by atoms with Crippen molar-refractivity contribution in [1.29, 1.82) is 0 Å². The van der Waals surface area contributed by atoms with Gasteiger partial charge in [-0.25, -0.2) is 4.79 Å². The first-order valence-electron chi connectivity index (χ1n) is 10.6. The van der Waals surface area contributed by atoms with Crippen molar-refractivity contribution >= 4 is 29.3 Å². The van der Waals surface area contributed by atoms with E-state index in [1.807, 2.05) is 12.1 Å². The number of amides is 2. The molecule has 0 spiro atoms. The van der Waals surface area contributed by atoms with Crippen LogP contribution in [0.2, 0.25) is 0 Å². The predicted molar refractivity (Wildman–Crippen MR) is 111 cm³/mol. The number of nitrogens with one attached hydrogen (secondary N) is 1. The Kier molecular flexibility index (Phi) is 8.37. The Bertz CT molecular complexity index is 820. The minimum atomic E-state index is -4.59. The van der Waals surface area contributed by atoms with E-state index in [1.54, 1.807) is 12.1 Å². The molecule has 2 fully saturated rings. The molecule has 9 nitrogen and oxygen atoms in total. The highest BCUT2D eigenvalue weighted by Crippen LogP contribution is 2.21. The summed E-state index contributed by atoms with van der Waals surface area (Å²) in [6, 6.07) is 7.30. The molecule has 0 aromatic heterocycles. The van der Waals surface area contributed by atoms with Gasteiger partial charge in [0.2, 0.25) is 0 Å². The number of anilines is 2. The number of esters is 1. The monoisotopic (exact) mass is 473 g/mol. The van der Waals surface area contributed by atoms with Crippen LogP contribution in [0.15, 0.2) is 24.3 Å². The molecule has 33 heavy (non-hydrogen) atoms. The molecule has 2 saturated heterocycles. The van der Waals surface area contributed by atoms with Gasteiger partial charge in [-0.05, 0) is 37.1 Å². The molecule has 2 aliphatic heterocycles. The van der Waals surface area contributed by atoms with Gasteiger partial charge in [-0.15, -0.1) is 0 Å². The molecule has 0 unspecified atom stereocenters. The molecule has 12 heteroatoms. The van der Waals surface area contributed by atoms with Crippen molar-refractivity contribution in [2.24, 2.45) is 5.92 Å². The van der Waals surface area contributed by atoms with E-state index in [9.17, 15) is 27.6 Å². The summed E-state index contributed by atoms with van der Waals surface area (Å²) in [7, 11) is 0. The molecule has 182 valence electrons. The van der Waals surface area contributed by atoms with Crippen LogP contribution in [0.4, 0.5) is 29.3 Å². The Morgan fingerprint density at radius 3 is 2.24 bits per heavy atom. The summed E-state index contributed by atoms with van der Waals surface area (Å²) in [5.41, 5.74) is 1.59. The summed E-state index contributed by atoms with van der Waals surface area (Å²) < 4.78 is 51.0. The fourth-order valence-electron chi connectivity index (χ4n) is 3.56. The number of hydrogen-bond acceptors (Lipinski definition) is 7. The van der Waals surface area contributed by atoms with E-state index in [1.165, 1.54) is 0 Å². The van der Waals surface area contributed by atoms with Crippen molar-refractivity contribution in [2.45, 2.75) is 19.0 Å². The van der Waals surface area contributed by atoms with Crippen molar-refractivity contribution in [1.82, 2.24) is 4.90 Å². The van der Waals surface area contributed by atoms with Crippen LogP contribution in [0.5, 0.6) is 0 Å². The van der Waals surface area contributed by atoms with E-state index in [4.69, 9.17) is 9.47 Å². The molecular weight excluding hydrogens is 447 g/mol. The lowest BCUT2D eigenvalue weighted by Crippen LogP contribution is -2.42. The lowest BCUT2D eigenvalue weighted by Gasteiger charge is -2.30. The number of rotatable bonds is 6. The maximum absolute atomic E-state index is 12.2. The first kappa shape index (κ1) is 24.6. The number of ether oxygens (including phenoxy) is 3. The SMILES string of the molecule is O=C(COC(=O)C1CCN(C(=O)OCC(F)(F)F)CC1)Nc1ccc(N2CCOCC2)cc1. The third kappa shape index (κ3) is 7.81. The largest absolute Gasteiger partial charge is 0.455 e. The number of nitrogens with zero attached hydrogens (tertiary/aromatic N) is 2. The third-order valence-corrected chi connectivity index (χ3v) is 5.32. The first-order chi connectivity index (χ1) is 15.7. The number of alkyl halides is 3. The van der Waals surface area contributed by atoms with Gasteiger partial charge in [-0.2, -0.15) is 13.2 Å². The van der Waals surface area contributed by atoms with E-state index in [-0.39, 0.29) is 25.9 Å². The fraction of sp³-hybridized carbons (Fsp3) is 0.571. The van der Waals surface area contributed by atoms with E-state index in [0.29, 0.717) is 18.9 Å². The molecule has 2 amide bonds. The van der Waals surface area contributed by atoms with Gasteiger partial charge in [0.05, 0.1) is 19.1 Å². The van der Waals surface area contributed by atoms with Gasteiger partial charge in [-0.1, -0.05) is 0 Å². The molecule has 0 atom stereocenters. The van der Waals surface area contributed by atoms with E-state index in [0.717, 1.165) is 23.7 Å². The number of halogens is 3. The Balaban J connectivity index is 1.36. The average molecular weight is 473 g/mol. The van der Waals surface area contributed by atoms with Crippen LogP contribution in [0, 0.1) is 5.92 Å². The number of carbonyl (C=O) groups excluding carboxylic acids is 3. The zero-order valence-electron chi connectivity index (χ0n) is 17.9. The van der Waals surface area contributed by atoms with Gasteiger partial charge in [0.15, 0.2) is 13.2 Å². The summed E-state index contributed by atoms with van der Waals surface area (Å²) in [6.07, 6.45) is -5.24. The number of hydrogen-bond donors (Lipinski definition) is 1. The Labute approximate surface area is 188 Å². The second kappa shape index (κ2) is 11.2. The number of carbonyl (C=O) groups is 3. The third-order valence-electron chi connectivity index (χ3n) is 5.32. The molecule has 0 saturated carbocycles. The second-order valence-electron chi connectivity index (χ2n) is 7.73. The highest BCUT2D eigenvalue weighted by atomic mass is 19.4. The van der Waals surface area contributed by atoms with Gasteiger partial charge in [-0.3, -0.25) is 9.59 Å². The van der Waals surface area contributed by atoms with Crippen molar-refractivity contribution < 1.29 is 41.8 Å². The van der Waals surface area contributed by atoms with Crippen LogP contribution in [0.3, 0.4) is 0 Å². The van der Waals surface area contributed by atoms with Crippen LogP contribution in [-0.4, -0.2) is 81.7 Å².